The number of thioether (sulfide) groups is 1. The molecule has 10 heteroatoms. The Morgan fingerprint density at radius 1 is 1.31 bits per heavy atom. The van der Waals surface area contributed by atoms with Crippen molar-refractivity contribution in [1.82, 2.24) is 9.55 Å². The minimum Gasteiger partial charge on any atom is -1.00 e. The minimum absolute atomic E-state index is 0. The predicted molar refractivity (Wildman–Crippen MR) is 93.0 cm³/mol. The second-order valence-corrected chi connectivity index (χ2v) is 6.81. The molecule has 1 aromatic heterocycles. The summed E-state index contributed by atoms with van der Waals surface area (Å²) < 4.78 is 29.0. The fourth-order valence-electron chi connectivity index (χ4n) is 2.34. The molecule has 0 fully saturated rings. The summed E-state index contributed by atoms with van der Waals surface area (Å²) in [5.41, 5.74) is 0.948. The summed E-state index contributed by atoms with van der Waals surface area (Å²) in [5.74, 6) is -2.24. The van der Waals surface area contributed by atoms with E-state index in [0.717, 1.165) is 0 Å². The number of nitriles is 1. The van der Waals surface area contributed by atoms with Crippen LogP contribution in [0.4, 0.5) is 8.78 Å². The van der Waals surface area contributed by atoms with Crippen molar-refractivity contribution in [2.75, 3.05) is 0 Å². The number of benzene rings is 2. The first-order valence-electron chi connectivity index (χ1n) is 6.81. The molecule has 0 saturated heterocycles. The Hall–Kier alpha value is -1.84. The molecule has 0 aliphatic carbocycles. The molecular weight excluding hydrogens is 423 g/mol. The average Bonchev–Trinajstić information content (AvgIpc) is 2.93. The zero-order chi connectivity index (χ0) is 18.2. The van der Waals surface area contributed by atoms with Gasteiger partial charge in [-0.25, -0.2) is 9.78 Å². The summed E-state index contributed by atoms with van der Waals surface area (Å²) in [6, 6.07) is 12.3. The molecule has 0 bridgehead atoms. The number of fused-ring (bicyclic) bond motifs is 1. The van der Waals surface area contributed by atoms with Gasteiger partial charge in [-0.05, 0) is 39.8 Å². The normalized spacial score (nSPS) is 11.0. The number of carboxylic acids is 1. The molecule has 26 heavy (non-hydrogen) atoms. The van der Waals surface area contributed by atoms with E-state index in [1.54, 1.807) is 36.4 Å². The molecule has 128 valence electrons. The molecule has 1 heterocycles. The maximum atomic E-state index is 13.6. The number of rotatable bonds is 4. The van der Waals surface area contributed by atoms with Crippen LogP contribution in [0, 0.1) is 11.3 Å². The summed E-state index contributed by atoms with van der Waals surface area (Å²) in [6.07, 6.45) is 1.31. The average molecular weight is 432 g/mol. The molecule has 0 atom stereocenters. The number of aliphatic carboxylic acids is 1. The SMILES string of the molecule is N#Cc1ccc(-n2c(Br)cnc2SC(F)(F)C(=O)O)c2ccccc12.[H-].[Li+]. The zero-order valence-corrected chi connectivity index (χ0v) is 15.7. The van der Waals surface area contributed by atoms with Crippen molar-refractivity contribution in [3.8, 4) is 11.8 Å². The number of aromatic nitrogens is 2. The van der Waals surface area contributed by atoms with E-state index in [-0.39, 0.29) is 37.2 Å². The summed E-state index contributed by atoms with van der Waals surface area (Å²) in [4.78, 5) is 14.6. The number of nitrogens with zero attached hydrogens (tertiary/aromatic N) is 3. The Morgan fingerprint density at radius 2 is 1.96 bits per heavy atom. The largest absolute Gasteiger partial charge is 1.00 e. The van der Waals surface area contributed by atoms with Gasteiger partial charge in [-0.15, -0.1) is 0 Å². The summed E-state index contributed by atoms with van der Waals surface area (Å²) in [5, 5.41) is 15.0. The van der Waals surface area contributed by atoms with E-state index in [4.69, 9.17) is 5.11 Å². The standard InChI is InChI=1S/C16H8BrF2N3O2S.Li.H/c17-13-8-21-15(25-16(18,19)14(23)24)22(13)12-6-5-9(7-20)10-3-1-2-4-11(10)12;;/h1-6,8H,(H,23,24);;/q;+1;-1. The fraction of sp³-hybridized carbons (Fsp3) is 0.0625. The van der Waals surface area contributed by atoms with Crippen molar-refractivity contribution in [1.29, 1.82) is 5.26 Å². The predicted octanol–water partition coefficient (Wildman–Crippen LogP) is 1.55. The smallest absolute Gasteiger partial charge is 1.00 e. The molecule has 0 spiro atoms. The molecule has 2 aromatic carbocycles. The van der Waals surface area contributed by atoms with Gasteiger partial charge in [-0.3, -0.25) is 4.57 Å². The van der Waals surface area contributed by atoms with E-state index >= 15 is 0 Å². The molecular formula is C16H9BrF2LiN3O2S. The number of halogens is 3. The quantitative estimate of drug-likeness (QED) is 0.500. The molecule has 0 amide bonds. The van der Waals surface area contributed by atoms with Crippen LogP contribution in [0.15, 0.2) is 52.4 Å². The van der Waals surface area contributed by atoms with Crippen LogP contribution >= 0.6 is 27.7 Å². The third-order valence-electron chi connectivity index (χ3n) is 3.42. The Kier molecular flexibility index (Phi) is 6.15. The molecule has 0 aliphatic rings. The first-order chi connectivity index (χ1) is 11.8. The van der Waals surface area contributed by atoms with Crippen molar-refractivity contribution >= 4 is 44.4 Å². The van der Waals surface area contributed by atoms with Gasteiger partial charge in [0.2, 0.25) is 0 Å². The van der Waals surface area contributed by atoms with Gasteiger partial charge in [0.15, 0.2) is 5.16 Å². The number of carboxylic acid groups (broad SMARTS) is 1. The Bertz CT molecular complexity index is 1040. The number of hydrogen-bond donors (Lipinski definition) is 1. The van der Waals surface area contributed by atoms with Crippen LogP contribution in [0.1, 0.15) is 6.99 Å². The van der Waals surface area contributed by atoms with E-state index in [2.05, 4.69) is 27.0 Å². The van der Waals surface area contributed by atoms with Gasteiger partial charge >= 0.3 is 30.1 Å². The molecule has 0 radical (unpaired) electrons. The van der Waals surface area contributed by atoms with Crippen molar-refractivity contribution in [2.45, 2.75) is 10.4 Å². The van der Waals surface area contributed by atoms with Crippen molar-refractivity contribution < 1.29 is 39.0 Å². The fourth-order valence-corrected chi connectivity index (χ4v) is 3.63. The van der Waals surface area contributed by atoms with Crippen LogP contribution in [0.25, 0.3) is 16.5 Å². The van der Waals surface area contributed by atoms with Crippen LogP contribution in [-0.4, -0.2) is 25.9 Å². The molecule has 0 saturated carbocycles. The van der Waals surface area contributed by atoms with E-state index in [1.807, 2.05) is 0 Å². The maximum Gasteiger partial charge on any atom is 1.00 e. The van der Waals surface area contributed by atoms with Gasteiger partial charge in [-0.1, -0.05) is 24.3 Å². The van der Waals surface area contributed by atoms with E-state index in [0.29, 0.717) is 26.6 Å². The summed E-state index contributed by atoms with van der Waals surface area (Å²) in [7, 11) is 0. The van der Waals surface area contributed by atoms with Gasteiger partial charge in [0.05, 0.1) is 23.5 Å². The minimum atomic E-state index is -4.02. The number of carbonyl (C=O) groups is 1. The second-order valence-electron chi connectivity index (χ2n) is 4.91. The molecule has 5 nitrogen and oxygen atoms in total. The van der Waals surface area contributed by atoms with Gasteiger partial charge in [-0.2, -0.15) is 14.0 Å². The number of alkyl halides is 2. The van der Waals surface area contributed by atoms with E-state index < -0.39 is 11.2 Å². The van der Waals surface area contributed by atoms with Crippen molar-refractivity contribution in [2.24, 2.45) is 0 Å². The van der Waals surface area contributed by atoms with E-state index in [1.165, 1.54) is 10.8 Å². The van der Waals surface area contributed by atoms with Crippen LogP contribution < -0.4 is 18.9 Å². The molecule has 0 unspecified atom stereocenters. The first kappa shape index (κ1) is 20.5. The first-order valence-corrected chi connectivity index (χ1v) is 8.42. The topological polar surface area (TPSA) is 78.9 Å². The van der Waals surface area contributed by atoms with Gasteiger partial charge < -0.3 is 6.53 Å². The Labute approximate surface area is 172 Å². The van der Waals surface area contributed by atoms with Gasteiger partial charge in [0, 0.05) is 10.8 Å². The maximum absolute atomic E-state index is 13.6. The van der Waals surface area contributed by atoms with Crippen LogP contribution in [0.3, 0.4) is 0 Å². The van der Waals surface area contributed by atoms with Crippen molar-refractivity contribution in [3.63, 3.8) is 0 Å². The molecule has 0 aliphatic heterocycles. The monoisotopic (exact) mass is 431 g/mol. The van der Waals surface area contributed by atoms with Crippen molar-refractivity contribution in [3.05, 3.63) is 52.8 Å². The molecule has 3 rings (SSSR count). The second kappa shape index (κ2) is 7.81. The summed E-state index contributed by atoms with van der Waals surface area (Å²) >= 11 is 3.09. The molecule has 3 aromatic rings. The Balaban J connectivity index is 0.00000182. The third kappa shape index (κ3) is 3.65. The van der Waals surface area contributed by atoms with Gasteiger partial charge in [0.1, 0.15) is 4.60 Å². The van der Waals surface area contributed by atoms with Crippen LogP contribution in [0.5, 0.6) is 0 Å². The summed E-state index contributed by atoms with van der Waals surface area (Å²) in [6.45, 7) is 0. The number of imidazole rings is 1. The van der Waals surface area contributed by atoms with Crippen LogP contribution in [-0.2, 0) is 4.79 Å². The molecule has 1 N–H and O–H groups in total. The zero-order valence-electron chi connectivity index (χ0n) is 14.3. The third-order valence-corrected chi connectivity index (χ3v) is 4.88. The van der Waals surface area contributed by atoms with Gasteiger partial charge in [0.25, 0.3) is 0 Å². The van der Waals surface area contributed by atoms with Crippen LogP contribution in [0.2, 0.25) is 0 Å². The Morgan fingerprint density at radius 3 is 2.58 bits per heavy atom. The van der Waals surface area contributed by atoms with E-state index in [9.17, 15) is 18.8 Å². The number of hydrogen-bond acceptors (Lipinski definition) is 4.